The lowest BCUT2D eigenvalue weighted by molar-refractivity contribution is -0.137. The number of benzene rings is 2. The number of carbonyl (C=O) groups is 1. The van der Waals surface area contributed by atoms with Crippen LogP contribution in [0.15, 0.2) is 48.5 Å². The van der Waals surface area contributed by atoms with Gasteiger partial charge in [-0.25, -0.2) is 0 Å². The molecule has 0 aliphatic carbocycles. The summed E-state index contributed by atoms with van der Waals surface area (Å²) >= 11 is 0. The van der Waals surface area contributed by atoms with Crippen molar-refractivity contribution in [3.8, 4) is 11.3 Å². The number of aromatic nitrogens is 2. The molecule has 4 rings (SSSR count). The molecule has 9 heteroatoms. The first-order chi connectivity index (χ1) is 13.8. The Balaban J connectivity index is 1.71. The summed E-state index contributed by atoms with van der Waals surface area (Å²) in [6.45, 7) is 1.05. The third-order valence-corrected chi connectivity index (χ3v) is 5.07. The van der Waals surface area contributed by atoms with Crippen molar-refractivity contribution in [3.05, 3.63) is 54.1 Å². The van der Waals surface area contributed by atoms with Crippen LogP contribution in [0.25, 0.3) is 22.0 Å². The number of hydrogen-bond donors (Lipinski definition) is 3. The number of carbonyl (C=O) groups excluding carboxylic acids is 1. The van der Waals surface area contributed by atoms with Crippen molar-refractivity contribution in [2.75, 3.05) is 18.4 Å². The quantitative estimate of drug-likeness (QED) is 0.625. The molecular formula is C20H18F3N5O. The Labute approximate surface area is 164 Å². The predicted molar refractivity (Wildman–Crippen MR) is 103 cm³/mol. The summed E-state index contributed by atoms with van der Waals surface area (Å²) in [6, 6.07) is 11.9. The van der Waals surface area contributed by atoms with Gasteiger partial charge in [0.2, 0.25) is 5.91 Å². The number of nitrogens with two attached hydrogens (primary N) is 1. The van der Waals surface area contributed by atoms with Crippen LogP contribution in [0.5, 0.6) is 0 Å². The minimum Gasteiger partial charge on any atom is -0.369 e. The van der Waals surface area contributed by atoms with Crippen LogP contribution in [0.3, 0.4) is 0 Å². The minimum absolute atomic E-state index is 0.220. The first-order valence-corrected chi connectivity index (χ1v) is 9.04. The Hall–Kier alpha value is -3.20. The first kappa shape index (κ1) is 19.1. The van der Waals surface area contributed by atoms with Crippen LogP contribution in [0, 0.1) is 5.92 Å². The molecule has 1 aliphatic rings. The standard InChI is InChI=1S/C20H18F3N5O/c21-20(22,23)12-7-5-11(6-8-12)17-13-3-1-2-4-14(13)19(28-27-17)26-16-10-25-9-15(16)18(24)29/h1-8,15-16,25H,9-10H2,(H2,24,29)(H,26,28)/t15-,16-/m0/s1. The zero-order valence-corrected chi connectivity index (χ0v) is 15.2. The molecule has 3 aromatic rings. The number of nitrogens with one attached hydrogen (secondary N) is 2. The summed E-state index contributed by atoms with van der Waals surface area (Å²) in [4.78, 5) is 11.6. The van der Waals surface area contributed by atoms with Crippen molar-refractivity contribution in [1.29, 1.82) is 0 Å². The van der Waals surface area contributed by atoms with Crippen molar-refractivity contribution < 1.29 is 18.0 Å². The highest BCUT2D eigenvalue weighted by molar-refractivity contribution is 6.00. The minimum atomic E-state index is -4.40. The summed E-state index contributed by atoms with van der Waals surface area (Å²) in [5, 5.41) is 16.4. The van der Waals surface area contributed by atoms with E-state index >= 15 is 0 Å². The number of alkyl halides is 3. The zero-order chi connectivity index (χ0) is 20.6. The summed E-state index contributed by atoms with van der Waals surface area (Å²) in [7, 11) is 0. The summed E-state index contributed by atoms with van der Waals surface area (Å²) < 4.78 is 38.5. The van der Waals surface area contributed by atoms with E-state index in [0.717, 1.165) is 22.9 Å². The molecule has 4 N–H and O–H groups in total. The molecule has 2 heterocycles. The van der Waals surface area contributed by atoms with E-state index in [4.69, 9.17) is 5.73 Å². The van der Waals surface area contributed by atoms with E-state index < -0.39 is 17.6 Å². The van der Waals surface area contributed by atoms with Crippen LogP contribution >= 0.6 is 0 Å². The molecule has 1 aromatic heterocycles. The monoisotopic (exact) mass is 401 g/mol. The van der Waals surface area contributed by atoms with Crippen molar-refractivity contribution in [1.82, 2.24) is 15.5 Å². The van der Waals surface area contributed by atoms with Gasteiger partial charge in [-0.15, -0.1) is 10.2 Å². The number of hydrogen-bond acceptors (Lipinski definition) is 5. The number of primary amides is 1. The van der Waals surface area contributed by atoms with Gasteiger partial charge in [-0.05, 0) is 12.1 Å². The van der Waals surface area contributed by atoms with Gasteiger partial charge < -0.3 is 16.4 Å². The van der Waals surface area contributed by atoms with Crippen LogP contribution in [0.4, 0.5) is 19.0 Å². The third kappa shape index (κ3) is 3.73. The maximum Gasteiger partial charge on any atom is 0.416 e. The normalized spacial score (nSPS) is 19.4. The lowest BCUT2D eigenvalue weighted by Gasteiger charge is -2.19. The highest BCUT2D eigenvalue weighted by atomic mass is 19.4. The fourth-order valence-corrected chi connectivity index (χ4v) is 3.55. The average Bonchev–Trinajstić information content (AvgIpc) is 3.16. The van der Waals surface area contributed by atoms with Crippen molar-refractivity contribution in [3.63, 3.8) is 0 Å². The third-order valence-electron chi connectivity index (χ3n) is 5.07. The number of fused-ring (bicyclic) bond motifs is 1. The number of anilines is 1. The Morgan fingerprint density at radius 1 is 1.03 bits per heavy atom. The zero-order valence-electron chi connectivity index (χ0n) is 15.2. The molecule has 6 nitrogen and oxygen atoms in total. The van der Waals surface area contributed by atoms with Crippen LogP contribution in [-0.4, -0.2) is 35.2 Å². The SMILES string of the molecule is NC(=O)[C@H]1CNC[C@@H]1Nc1nnc(-c2ccc(C(F)(F)F)cc2)c2ccccc12. The van der Waals surface area contributed by atoms with Gasteiger partial charge in [-0.1, -0.05) is 36.4 Å². The average molecular weight is 401 g/mol. The highest BCUT2D eigenvalue weighted by Crippen LogP contribution is 2.33. The molecule has 0 unspecified atom stereocenters. The first-order valence-electron chi connectivity index (χ1n) is 9.04. The lowest BCUT2D eigenvalue weighted by Crippen LogP contribution is -2.37. The maximum atomic E-state index is 12.8. The van der Waals surface area contributed by atoms with E-state index in [9.17, 15) is 18.0 Å². The van der Waals surface area contributed by atoms with E-state index in [-0.39, 0.29) is 12.0 Å². The number of rotatable bonds is 4. The van der Waals surface area contributed by atoms with Gasteiger partial charge in [0.1, 0.15) is 5.69 Å². The molecule has 0 saturated carbocycles. The van der Waals surface area contributed by atoms with Crippen LogP contribution < -0.4 is 16.4 Å². The Bertz CT molecular complexity index is 1050. The van der Waals surface area contributed by atoms with E-state index in [2.05, 4.69) is 20.8 Å². The van der Waals surface area contributed by atoms with Gasteiger partial charge >= 0.3 is 6.18 Å². The van der Waals surface area contributed by atoms with Crippen LogP contribution in [0.1, 0.15) is 5.56 Å². The second kappa shape index (κ2) is 7.32. The smallest absolute Gasteiger partial charge is 0.369 e. The van der Waals surface area contributed by atoms with Gasteiger partial charge in [-0.3, -0.25) is 4.79 Å². The largest absolute Gasteiger partial charge is 0.416 e. The molecule has 1 saturated heterocycles. The molecule has 150 valence electrons. The molecule has 1 aliphatic heterocycles. The Morgan fingerprint density at radius 3 is 2.38 bits per heavy atom. The lowest BCUT2D eigenvalue weighted by atomic mass is 10.0. The highest BCUT2D eigenvalue weighted by Gasteiger charge is 2.32. The second-order valence-electron chi connectivity index (χ2n) is 6.94. The second-order valence-corrected chi connectivity index (χ2v) is 6.94. The Kier molecular flexibility index (Phi) is 4.83. The molecule has 0 radical (unpaired) electrons. The van der Waals surface area contributed by atoms with Crippen LogP contribution in [0.2, 0.25) is 0 Å². The van der Waals surface area contributed by atoms with E-state index in [0.29, 0.717) is 30.2 Å². The molecule has 1 amide bonds. The van der Waals surface area contributed by atoms with Crippen molar-refractivity contribution in [2.24, 2.45) is 11.7 Å². The Morgan fingerprint density at radius 2 is 1.72 bits per heavy atom. The van der Waals surface area contributed by atoms with E-state index in [1.165, 1.54) is 12.1 Å². The number of halogens is 3. The van der Waals surface area contributed by atoms with Gasteiger partial charge in [0, 0.05) is 29.4 Å². The van der Waals surface area contributed by atoms with Gasteiger partial charge in [0.15, 0.2) is 5.82 Å². The fraction of sp³-hybridized carbons (Fsp3) is 0.250. The molecule has 0 bridgehead atoms. The van der Waals surface area contributed by atoms with E-state index in [1.807, 2.05) is 24.3 Å². The van der Waals surface area contributed by atoms with Crippen LogP contribution in [-0.2, 0) is 11.0 Å². The van der Waals surface area contributed by atoms with Gasteiger partial charge in [0.25, 0.3) is 0 Å². The molecule has 0 spiro atoms. The molecule has 1 fully saturated rings. The fourth-order valence-electron chi connectivity index (χ4n) is 3.55. The maximum absolute atomic E-state index is 12.8. The number of nitrogens with zero attached hydrogens (tertiary/aromatic N) is 2. The summed E-state index contributed by atoms with van der Waals surface area (Å²) in [5.74, 6) is -0.271. The molecule has 2 atom stereocenters. The van der Waals surface area contributed by atoms with Crippen molar-refractivity contribution >= 4 is 22.5 Å². The van der Waals surface area contributed by atoms with E-state index in [1.54, 1.807) is 0 Å². The van der Waals surface area contributed by atoms with Crippen molar-refractivity contribution in [2.45, 2.75) is 12.2 Å². The summed E-state index contributed by atoms with van der Waals surface area (Å²) in [6.07, 6.45) is -4.40. The molecule has 2 aromatic carbocycles. The van der Waals surface area contributed by atoms with Gasteiger partial charge in [0.05, 0.1) is 17.5 Å². The molecule has 29 heavy (non-hydrogen) atoms. The topological polar surface area (TPSA) is 92.9 Å². The predicted octanol–water partition coefficient (Wildman–Crippen LogP) is 2.80. The van der Waals surface area contributed by atoms with Gasteiger partial charge in [-0.2, -0.15) is 13.2 Å². The molecular weight excluding hydrogens is 383 g/mol. The number of amides is 1. The summed E-state index contributed by atoms with van der Waals surface area (Å²) in [5.41, 5.74) is 5.76.